The van der Waals surface area contributed by atoms with E-state index < -0.39 is 10.0 Å². The van der Waals surface area contributed by atoms with Crippen LogP contribution >= 0.6 is 0 Å². The minimum absolute atomic E-state index is 0.0502. The Kier molecular flexibility index (Phi) is 5.45. The van der Waals surface area contributed by atoms with Crippen LogP contribution in [0.2, 0.25) is 0 Å². The molecule has 0 bridgehead atoms. The summed E-state index contributed by atoms with van der Waals surface area (Å²) in [5, 5.41) is 4.13. The van der Waals surface area contributed by atoms with Crippen LogP contribution in [0, 0.1) is 0 Å². The number of hydrogen-bond acceptors (Lipinski definition) is 2. The second kappa shape index (κ2) is 6.87. The molecule has 4 nitrogen and oxygen atoms in total. The van der Waals surface area contributed by atoms with E-state index in [0.29, 0.717) is 6.54 Å². The van der Waals surface area contributed by atoms with E-state index in [9.17, 15) is 8.42 Å². The molecule has 1 unspecified atom stereocenters. The van der Waals surface area contributed by atoms with E-state index in [0.717, 1.165) is 45.1 Å². The van der Waals surface area contributed by atoms with Gasteiger partial charge in [0.05, 0.1) is 5.25 Å². The average Bonchev–Trinajstić information content (AvgIpc) is 2.28. The van der Waals surface area contributed by atoms with Crippen molar-refractivity contribution in [1.29, 1.82) is 0 Å². The average molecular weight is 273 g/mol. The zero-order chi connectivity index (χ0) is 12.8. The van der Waals surface area contributed by atoms with E-state index in [4.69, 9.17) is 0 Å². The molecule has 1 aliphatic carbocycles. The minimum atomic E-state index is -3.13. The zero-order valence-electron chi connectivity index (χ0n) is 11.1. The van der Waals surface area contributed by atoms with Gasteiger partial charge < -0.3 is 0 Å². The zero-order valence-corrected chi connectivity index (χ0v) is 11.9. The molecule has 105 valence electrons. The molecular formula is C13H25N2O2S. The smallest absolute Gasteiger partial charge is 0.214 e. The maximum absolute atomic E-state index is 12.4. The number of nitrogens with one attached hydrogen (secondary N) is 1. The lowest BCUT2D eigenvalue weighted by molar-refractivity contribution is 0.415. The summed E-state index contributed by atoms with van der Waals surface area (Å²) in [7, 11) is -3.13. The number of rotatable bonds is 3. The fraction of sp³-hybridized carbons (Fsp3) is 1.00. The Morgan fingerprint density at radius 1 is 0.889 bits per heavy atom. The van der Waals surface area contributed by atoms with Crippen LogP contribution in [0.25, 0.3) is 0 Å². The molecule has 1 heterocycles. The van der Waals surface area contributed by atoms with Gasteiger partial charge in [-0.15, -0.1) is 0 Å². The summed E-state index contributed by atoms with van der Waals surface area (Å²) >= 11 is 0. The summed E-state index contributed by atoms with van der Waals surface area (Å²) in [5.74, 6) is 0. The van der Waals surface area contributed by atoms with Gasteiger partial charge in [-0.1, -0.05) is 32.1 Å². The van der Waals surface area contributed by atoms with E-state index in [1.165, 1.54) is 19.3 Å². The fourth-order valence-corrected chi connectivity index (χ4v) is 4.75. The van der Waals surface area contributed by atoms with Gasteiger partial charge in [-0.3, -0.25) is 0 Å². The highest BCUT2D eigenvalue weighted by atomic mass is 32.2. The first kappa shape index (κ1) is 14.3. The topological polar surface area (TPSA) is 60.3 Å². The Labute approximate surface area is 111 Å². The van der Waals surface area contributed by atoms with Gasteiger partial charge in [0.15, 0.2) is 0 Å². The Bertz CT molecular complexity index is 329. The first-order valence-corrected chi connectivity index (χ1v) is 8.87. The third kappa shape index (κ3) is 4.21. The number of piperidine rings is 1. The Hall–Kier alpha value is -0.130. The molecular weight excluding hydrogens is 248 g/mol. The van der Waals surface area contributed by atoms with Gasteiger partial charge in [-0.05, 0) is 25.7 Å². The van der Waals surface area contributed by atoms with E-state index in [2.05, 4.69) is 10.0 Å². The predicted octanol–water partition coefficient (Wildman–Crippen LogP) is 1.79. The van der Waals surface area contributed by atoms with Gasteiger partial charge in [0.1, 0.15) is 0 Å². The lowest BCUT2D eigenvalue weighted by Gasteiger charge is -2.26. The Morgan fingerprint density at radius 2 is 1.56 bits per heavy atom. The van der Waals surface area contributed by atoms with Crippen molar-refractivity contribution in [1.82, 2.24) is 10.0 Å². The minimum Gasteiger partial charge on any atom is -0.240 e. The first-order valence-electron chi connectivity index (χ1n) is 7.33. The second-order valence-electron chi connectivity index (χ2n) is 5.60. The molecule has 1 radical (unpaired) electrons. The molecule has 0 amide bonds. The molecule has 0 aromatic carbocycles. The summed E-state index contributed by atoms with van der Waals surface area (Å²) in [5.41, 5.74) is 0. The summed E-state index contributed by atoms with van der Waals surface area (Å²) < 4.78 is 27.6. The van der Waals surface area contributed by atoms with Crippen molar-refractivity contribution in [2.24, 2.45) is 0 Å². The number of nitrogens with zero attached hydrogens (tertiary/aromatic N) is 1. The highest BCUT2D eigenvalue weighted by Gasteiger charge is 2.28. The van der Waals surface area contributed by atoms with Crippen molar-refractivity contribution < 1.29 is 8.42 Å². The molecule has 0 aromatic heterocycles. The van der Waals surface area contributed by atoms with Gasteiger partial charge in [-0.25, -0.2) is 18.5 Å². The standard InChI is InChI=1S/C13H25N2O2S/c16-18(17,15-12-7-6-10-14-11-12)13-8-4-2-1-3-5-9-13/h12-13,15H,1-11H2. The molecule has 1 aliphatic heterocycles. The van der Waals surface area contributed by atoms with Crippen LogP contribution in [0.5, 0.6) is 0 Å². The molecule has 1 saturated carbocycles. The van der Waals surface area contributed by atoms with E-state index >= 15 is 0 Å². The maximum Gasteiger partial charge on any atom is 0.214 e. The van der Waals surface area contributed by atoms with Crippen LogP contribution in [-0.4, -0.2) is 32.8 Å². The van der Waals surface area contributed by atoms with E-state index in [1.54, 1.807) is 0 Å². The van der Waals surface area contributed by atoms with Crippen LogP contribution in [0.15, 0.2) is 0 Å². The first-order chi connectivity index (χ1) is 8.68. The van der Waals surface area contributed by atoms with Crippen molar-refractivity contribution in [3.05, 3.63) is 0 Å². The third-order valence-electron chi connectivity index (χ3n) is 4.04. The number of hydrogen-bond donors (Lipinski definition) is 1. The van der Waals surface area contributed by atoms with Crippen molar-refractivity contribution in [3.8, 4) is 0 Å². The van der Waals surface area contributed by atoms with Gasteiger partial charge in [0.25, 0.3) is 0 Å². The van der Waals surface area contributed by atoms with Crippen LogP contribution in [0.4, 0.5) is 0 Å². The van der Waals surface area contributed by atoms with Crippen molar-refractivity contribution >= 4 is 10.0 Å². The lowest BCUT2D eigenvalue weighted by Crippen LogP contribution is -2.46. The summed E-state index contributed by atoms with van der Waals surface area (Å²) in [6, 6.07) is 0.0502. The van der Waals surface area contributed by atoms with Crippen LogP contribution in [0.1, 0.15) is 57.8 Å². The molecule has 5 heteroatoms. The second-order valence-corrected chi connectivity index (χ2v) is 7.59. The highest BCUT2D eigenvalue weighted by molar-refractivity contribution is 7.90. The SMILES string of the molecule is O=S(=O)(NC1CCC[N]C1)C1CCCCCCC1. The maximum atomic E-state index is 12.4. The fourth-order valence-electron chi connectivity index (χ4n) is 2.94. The van der Waals surface area contributed by atoms with Gasteiger partial charge in [-0.2, -0.15) is 0 Å². The van der Waals surface area contributed by atoms with E-state index in [-0.39, 0.29) is 11.3 Å². The molecule has 1 saturated heterocycles. The van der Waals surface area contributed by atoms with E-state index in [1.807, 2.05) is 0 Å². The molecule has 2 rings (SSSR count). The molecule has 1 atom stereocenters. The Morgan fingerprint density at radius 3 is 2.17 bits per heavy atom. The Balaban J connectivity index is 1.90. The predicted molar refractivity (Wildman–Crippen MR) is 73.1 cm³/mol. The van der Waals surface area contributed by atoms with Gasteiger partial charge in [0.2, 0.25) is 10.0 Å². The largest absolute Gasteiger partial charge is 0.240 e. The normalized spacial score (nSPS) is 28.6. The quantitative estimate of drug-likeness (QED) is 0.852. The van der Waals surface area contributed by atoms with Crippen molar-refractivity contribution in [2.45, 2.75) is 69.1 Å². The van der Waals surface area contributed by atoms with Gasteiger partial charge >= 0.3 is 0 Å². The number of sulfonamides is 1. The third-order valence-corrected chi connectivity index (χ3v) is 6.05. The van der Waals surface area contributed by atoms with Crippen LogP contribution in [-0.2, 0) is 10.0 Å². The van der Waals surface area contributed by atoms with Crippen LogP contribution < -0.4 is 10.0 Å². The molecule has 2 aliphatic rings. The molecule has 18 heavy (non-hydrogen) atoms. The molecule has 2 fully saturated rings. The summed E-state index contributed by atoms with van der Waals surface area (Å²) in [4.78, 5) is 0. The summed E-state index contributed by atoms with van der Waals surface area (Å²) in [6.45, 7) is 1.55. The molecule has 0 spiro atoms. The molecule has 0 aromatic rings. The highest BCUT2D eigenvalue weighted by Crippen LogP contribution is 2.22. The molecule has 1 N–H and O–H groups in total. The van der Waals surface area contributed by atoms with Gasteiger partial charge in [0, 0.05) is 19.1 Å². The monoisotopic (exact) mass is 273 g/mol. The van der Waals surface area contributed by atoms with Crippen molar-refractivity contribution in [2.75, 3.05) is 13.1 Å². The van der Waals surface area contributed by atoms with Crippen LogP contribution in [0.3, 0.4) is 0 Å². The summed E-state index contributed by atoms with van der Waals surface area (Å²) in [6.07, 6.45) is 9.37. The van der Waals surface area contributed by atoms with Crippen molar-refractivity contribution in [3.63, 3.8) is 0 Å². The lowest BCUT2D eigenvalue weighted by atomic mass is 10.0.